The molecule has 9 heteroatoms. The molecule has 0 aliphatic rings. The van der Waals surface area contributed by atoms with Crippen molar-refractivity contribution in [1.29, 1.82) is 0 Å². The zero-order valence-corrected chi connectivity index (χ0v) is 20.1. The van der Waals surface area contributed by atoms with Crippen LogP contribution in [-0.2, 0) is 6.42 Å². The minimum atomic E-state index is -0.469. The van der Waals surface area contributed by atoms with E-state index in [0.29, 0.717) is 17.9 Å². The maximum absolute atomic E-state index is 12.9. The van der Waals surface area contributed by atoms with Crippen LogP contribution >= 0.6 is 11.3 Å². The summed E-state index contributed by atoms with van der Waals surface area (Å²) in [5.41, 5.74) is 3.76. The Kier molecular flexibility index (Phi) is 6.63. The number of thiazole rings is 1. The van der Waals surface area contributed by atoms with Crippen molar-refractivity contribution in [2.45, 2.75) is 6.42 Å². The lowest BCUT2D eigenvalue weighted by molar-refractivity contribution is 0.102. The Balaban J connectivity index is 1.33. The molecule has 3 heterocycles. The van der Waals surface area contributed by atoms with Crippen molar-refractivity contribution in [2.75, 3.05) is 12.4 Å². The van der Waals surface area contributed by atoms with Gasteiger partial charge in [0.25, 0.3) is 11.5 Å². The molecule has 1 amide bonds. The third kappa shape index (κ3) is 5.37. The van der Waals surface area contributed by atoms with Crippen molar-refractivity contribution in [3.63, 3.8) is 0 Å². The fourth-order valence-electron chi connectivity index (χ4n) is 3.62. The van der Waals surface area contributed by atoms with Gasteiger partial charge in [-0.3, -0.25) is 14.6 Å². The number of aromatic nitrogens is 4. The molecule has 0 fully saturated rings. The summed E-state index contributed by atoms with van der Waals surface area (Å²) in [6, 6.07) is 19.8. The number of ether oxygens (including phenoxy) is 1. The molecule has 0 spiro atoms. The summed E-state index contributed by atoms with van der Waals surface area (Å²) in [6.07, 6.45) is 3.87. The third-order valence-electron chi connectivity index (χ3n) is 5.38. The van der Waals surface area contributed by atoms with Crippen LogP contribution in [0.15, 0.2) is 89.3 Å². The van der Waals surface area contributed by atoms with Crippen molar-refractivity contribution in [1.82, 2.24) is 19.9 Å². The lowest BCUT2D eigenvalue weighted by Gasteiger charge is -2.08. The van der Waals surface area contributed by atoms with Gasteiger partial charge in [-0.1, -0.05) is 24.3 Å². The number of amides is 1. The molecule has 0 radical (unpaired) electrons. The van der Waals surface area contributed by atoms with Crippen LogP contribution in [0.3, 0.4) is 0 Å². The molecule has 5 aromatic rings. The molecule has 8 nitrogen and oxygen atoms in total. The van der Waals surface area contributed by atoms with Gasteiger partial charge < -0.3 is 15.0 Å². The standard InChI is InChI=1S/C27H21N5O3S/c1-35-21-9-7-17(8-10-21)12-24-30-22(14-25(33)32-24)26(34)29-20-6-2-4-18(13-20)23-16-36-27(31-23)19-5-3-11-28-15-19/h2-11,13-16H,12H2,1H3,(H,29,34)(H,30,32,33). The van der Waals surface area contributed by atoms with Gasteiger partial charge >= 0.3 is 0 Å². The maximum Gasteiger partial charge on any atom is 0.274 e. The Morgan fingerprint density at radius 3 is 2.64 bits per heavy atom. The van der Waals surface area contributed by atoms with Gasteiger partial charge in [0.05, 0.1) is 12.8 Å². The molecule has 0 saturated heterocycles. The van der Waals surface area contributed by atoms with E-state index in [2.05, 4.69) is 20.3 Å². The fraction of sp³-hybridized carbons (Fsp3) is 0.0741. The smallest absolute Gasteiger partial charge is 0.274 e. The SMILES string of the molecule is COc1ccc(Cc2nc(C(=O)Nc3cccc(-c4csc(-c5cccnc5)n4)c3)cc(=O)[nH]2)cc1. The largest absolute Gasteiger partial charge is 0.497 e. The summed E-state index contributed by atoms with van der Waals surface area (Å²) in [4.78, 5) is 41.1. The van der Waals surface area contributed by atoms with Gasteiger partial charge in [-0.2, -0.15) is 0 Å². The molecule has 2 N–H and O–H groups in total. The van der Waals surface area contributed by atoms with Crippen LogP contribution in [0.25, 0.3) is 21.8 Å². The Labute approximate surface area is 210 Å². The zero-order chi connectivity index (χ0) is 24.9. The Morgan fingerprint density at radius 1 is 1.03 bits per heavy atom. The van der Waals surface area contributed by atoms with Crippen LogP contribution < -0.4 is 15.6 Å². The number of carbonyl (C=O) groups excluding carboxylic acids is 1. The summed E-state index contributed by atoms with van der Waals surface area (Å²) in [5, 5.41) is 5.67. The highest BCUT2D eigenvalue weighted by molar-refractivity contribution is 7.13. The van der Waals surface area contributed by atoms with E-state index in [1.807, 2.05) is 60.0 Å². The minimum Gasteiger partial charge on any atom is -0.497 e. The Morgan fingerprint density at radius 2 is 1.86 bits per heavy atom. The van der Waals surface area contributed by atoms with Crippen LogP contribution in [-0.4, -0.2) is 33.0 Å². The molecule has 0 aliphatic carbocycles. The van der Waals surface area contributed by atoms with Crippen LogP contribution in [0.5, 0.6) is 5.75 Å². The van der Waals surface area contributed by atoms with Gasteiger partial charge in [0.15, 0.2) is 0 Å². The lowest BCUT2D eigenvalue weighted by atomic mass is 10.1. The van der Waals surface area contributed by atoms with Gasteiger partial charge in [-0.25, -0.2) is 9.97 Å². The van der Waals surface area contributed by atoms with Crippen LogP contribution in [0, 0.1) is 0 Å². The normalized spacial score (nSPS) is 10.7. The van der Waals surface area contributed by atoms with E-state index < -0.39 is 11.5 Å². The number of hydrogen-bond acceptors (Lipinski definition) is 7. The highest BCUT2D eigenvalue weighted by atomic mass is 32.1. The van der Waals surface area contributed by atoms with Crippen LogP contribution in [0.1, 0.15) is 21.9 Å². The van der Waals surface area contributed by atoms with E-state index in [4.69, 9.17) is 9.72 Å². The van der Waals surface area contributed by atoms with Gasteiger partial charge in [0, 0.05) is 47.1 Å². The van der Waals surface area contributed by atoms with E-state index in [-0.39, 0.29) is 5.69 Å². The molecule has 0 aliphatic heterocycles. The number of aromatic amines is 1. The first-order valence-corrected chi connectivity index (χ1v) is 12.0. The van der Waals surface area contributed by atoms with E-state index >= 15 is 0 Å². The second kappa shape index (κ2) is 10.3. The molecule has 5 rings (SSSR count). The van der Waals surface area contributed by atoms with Crippen LogP contribution in [0.4, 0.5) is 5.69 Å². The lowest BCUT2D eigenvalue weighted by Crippen LogP contribution is -2.20. The number of anilines is 1. The second-order valence-corrected chi connectivity index (χ2v) is 8.77. The Bertz CT molecular complexity index is 1560. The quantitative estimate of drug-likeness (QED) is 0.335. The number of nitrogens with one attached hydrogen (secondary N) is 2. The van der Waals surface area contributed by atoms with Gasteiger partial charge in [0.1, 0.15) is 22.3 Å². The monoisotopic (exact) mass is 495 g/mol. The number of H-pyrrole nitrogens is 1. The Hall–Kier alpha value is -4.63. The molecule has 2 aromatic carbocycles. The molecule has 178 valence electrons. The predicted octanol–water partition coefficient (Wildman–Crippen LogP) is 4.81. The molecule has 0 bridgehead atoms. The molecule has 0 saturated carbocycles. The average Bonchev–Trinajstić information content (AvgIpc) is 3.40. The first kappa shape index (κ1) is 23.1. The van der Waals surface area contributed by atoms with E-state index in [0.717, 1.165) is 33.1 Å². The number of rotatable bonds is 7. The maximum atomic E-state index is 12.9. The van der Waals surface area contributed by atoms with Crippen LogP contribution in [0.2, 0.25) is 0 Å². The third-order valence-corrected chi connectivity index (χ3v) is 6.27. The van der Waals surface area contributed by atoms with Gasteiger partial charge in [0.2, 0.25) is 0 Å². The molecule has 3 aromatic heterocycles. The van der Waals surface area contributed by atoms with Crippen molar-refractivity contribution >= 4 is 22.9 Å². The first-order valence-electron chi connectivity index (χ1n) is 11.1. The topological polar surface area (TPSA) is 110 Å². The number of methoxy groups -OCH3 is 1. The first-order chi connectivity index (χ1) is 17.6. The minimum absolute atomic E-state index is 0.0418. The average molecular weight is 496 g/mol. The summed E-state index contributed by atoms with van der Waals surface area (Å²) in [6.45, 7) is 0. The molecule has 0 atom stereocenters. The molecule has 0 unspecified atom stereocenters. The fourth-order valence-corrected chi connectivity index (χ4v) is 4.44. The second-order valence-electron chi connectivity index (χ2n) is 7.92. The number of benzene rings is 2. The summed E-state index contributed by atoms with van der Waals surface area (Å²) in [7, 11) is 1.60. The van der Waals surface area contributed by atoms with E-state index in [1.54, 1.807) is 25.6 Å². The number of nitrogens with zero attached hydrogens (tertiary/aromatic N) is 3. The van der Waals surface area contributed by atoms with Crippen molar-refractivity contribution in [3.8, 4) is 27.6 Å². The zero-order valence-electron chi connectivity index (χ0n) is 19.3. The van der Waals surface area contributed by atoms with Crippen molar-refractivity contribution < 1.29 is 9.53 Å². The predicted molar refractivity (Wildman–Crippen MR) is 139 cm³/mol. The molecular formula is C27H21N5O3S. The van der Waals surface area contributed by atoms with Gasteiger partial charge in [-0.05, 0) is 42.0 Å². The van der Waals surface area contributed by atoms with Crippen molar-refractivity contribution in [3.05, 3.63) is 112 Å². The number of hydrogen-bond donors (Lipinski definition) is 2. The number of pyridine rings is 1. The highest BCUT2D eigenvalue weighted by Gasteiger charge is 2.13. The number of carbonyl (C=O) groups is 1. The van der Waals surface area contributed by atoms with E-state index in [1.165, 1.54) is 17.4 Å². The summed E-state index contributed by atoms with van der Waals surface area (Å²) >= 11 is 1.53. The van der Waals surface area contributed by atoms with Crippen molar-refractivity contribution in [2.24, 2.45) is 0 Å². The molecule has 36 heavy (non-hydrogen) atoms. The van der Waals surface area contributed by atoms with Gasteiger partial charge in [-0.15, -0.1) is 11.3 Å². The molecular weight excluding hydrogens is 474 g/mol. The summed E-state index contributed by atoms with van der Waals surface area (Å²) in [5.74, 6) is 0.669. The van der Waals surface area contributed by atoms with E-state index in [9.17, 15) is 9.59 Å². The highest BCUT2D eigenvalue weighted by Crippen LogP contribution is 2.29. The summed E-state index contributed by atoms with van der Waals surface area (Å²) < 4.78 is 5.17.